The number of carbonyl (C=O) groups is 2. The average Bonchev–Trinajstić information content (AvgIpc) is 2.60. The zero-order valence-corrected chi connectivity index (χ0v) is 15.3. The highest BCUT2D eigenvalue weighted by atomic mass is 16.6. The molecule has 2 aromatic rings. The van der Waals surface area contributed by atoms with Crippen LogP contribution in [0.1, 0.15) is 31.9 Å². The Morgan fingerprint density at radius 3 is 2.23 bits per heavy atom. The Balaban J connectivity index is 1.86. The molecule has 136 valence electrons. The minimum atomic E-state index is -0.722. The number of para-hydroxylation sites is 1. The lowest BCUT2D eigenvalue weighted by Gasteiger charge is -2.36. The third kappa shape index (κ3) is 4.23. The summed E-state index contributed by atoms with van der Waals surface area (Å²) in [6.45, 7) is 5.74. The molecule has 1 amide bonds. The van der Waals surface area contributed by atoms with E-state index < -0.39 is 23.7 Å². The summed E-state index contributed by atoms with van der Waals surface area (Å²) in [7, 11) is 0. The van der Waals surface area contributed by atoms with E-state index in [0.29, 0.717) is 18.7 Å². The van der Waals surface area contributed by atoms with Crippen LogP contribution in [0.15, 0.2) is 54.6 Å². The normalized spacial score (nSPS) is 16.6. The number of fused-ring (bicyclic) bond motifs is 1. The summed E-state index contributed by atoms with van der Waals surface area (Å²) < 4.78 is 11.0. The van der Waals surface area contributed by atoms with E-state index in [-0.39, 0.29) is 0 Å². The molecule has 0 N–H and O–H groups in total. The number of benzene rings is 2. The van der Waals surface area contributed by atoms with Gasteiger partial charge in [0.2, 0.25) is 0 Å². The zero-order valence-electron chi connectivity index (χ0n) is 15.3. The van der Waals surface area contributed by atoms with Crippen LogP contribution in [0.4, 0.5) is 4.79 Å². The summed E-state index contributed by atoms with van der Waals surface area (Å²) in [4.78, 5) is 26.9. The van der Waals surface area contributed by atoms with Crippen molar-refractivity contribution in [3.8, 4) is 5.75 Å². The van der Waals surface area contributed by atoms with Crippen molar-refractivity contribution < 1.29 is 19.1 Å². The Morgan fingerprint density at radius 2 is 1.58 bits per heavy atom. The predicted octanol–water partition coefficient (Wildman–Crippen LogP) is 3.95. The molecule has 0 fully saturated rings. The number of carbonyl (C=O) groups excluding carboxylic acids is 2. The van der Waals surface area contributed by atoms with Gasteiger partial charge in [0.1, 0.15) is 17.4 Å². The molecule has 26 heavy (non-hydrogen) atoms. The van der Waals surface area contributed by atoms with Gasteiger partial charge in [0.15, 0.2) is 0 Å². The number of rotatable bonds is 2. The van der Waals surface area contributed by atoms with Gasteiger partial charge in [0, 0.05) is 6.42 Å². The third-order valence-electron chi connectivity index (χ3n) is 4.11. The van der Waals surface area contributed by atoms with Crippen LogP contribution in [0.3, 0.4) is 0 Å². The van der Waals surface area contributed by atoms with Crippen molar-refractivity contribution in [2.24, 2.45) is 0 Å². The third-order valence-corrected chi connectivity index (χ3v) is 4.11. The van der Waals surface area contributed by atoms with E-state index in [0.717, 1.165) is 11.1 Å². The number of ether oxygens (including phenoxy) is 2. The van der Waals surface area contributed by atoms with Crippen molar-refractivity contribution in [3.63, 3.8) is 0 Å². The smallest absolute Gasteiger partial charge is 0.411 e. The van der Waals surface area contributed by atoms with Gasteiger partial charge in [0.05, 0.1) is 6.54 Å². The maximum absolute atomic E-state index is 12.8. The highest BCUT2D eigenvalue weighted by Gasteiger charge is 2.38. The van der Waals surface area contributed by atoms with E-state index in [4.69, 9.17) is 9.47 Å². The topological polar surface area (TPSA) is 55.8 Å². The van der Waals surface area contributed by atoms with E-state index in [1.807, 2.05) is 30.3 Å². The largest absolute Gasteiger partial charge is 0.444 e. The second kappa shape index (κ2) is 7.20. The fourth-order valence-corrected chi connectivity index (χ4v) is 2.92. The quantitative estimate of drug-likeness (QED) is 0.606. The molecule has 2 aromatic carbocycles. The summed E-state index contributed by atoms with van der Waals surface area (Å²) in [5.41, 5.74) is 1.42. The molecule has 0 unspecified atom stereocenters. The number of hydrogen-bond acceptors (Lipinski definition) is 4. The maximum atomic E-state index is 12.8. The van der Waals surface area contributed by atoms with Gasteiger partial charge in [-0.2, -0.15) is 0 Å². The lowest BCUT2D eigenvalue weighted by Crippen LogP contribution is -2.51. The van der Waals surface area contributed by atoms with Crippen LogP contribution in [0.5, 0.6) is 5.75 Å². The van der Waals surface area contributed by atoms with Gasteiger partial charge in [-0.1, -0.05) is 42.5 Å². The van der Waals surface area contributed by atoms with Crippen LogP contribution in [-0.4, -0.2) is 28.6 Å². The lowest BCUT2D eigenvalue weighted by atomic mass is 9.94. The number of amides is 1. The van der Waals surface area contributed by atoms with Crippen LogP contribution < -0.4 is 4.74 Å². The van der Waals surface area contributed by atoms with Crippen LogP contribution in [0.25, 0.3) is 0 Å². The van der Waals surface area contributed by atoms with Crippen LogP contribution in [0, 0.1) is 0 Å². The number of esters is 1. The molecule has 0 saturated carbocycles. The molecule has 5 nitrogen and oxygen atoms in total. The van der Waals surface area contributed by atoms with Crippen molar-refractivity contribution in [2.75, 3.05) is 0 Å². The minimum absolute atomic E-state index is 0.319. The van der Waals surface area contributed by atoms with Crippen LogP contribution in [0.2, 0.25) is 0 Å². The summed E-state index contributed by atoms with van der Waals surface area (Å²) in [6.07, 6.45) is -0.108. The molecular formula is C21H23NO4. The summed E-state index contributed by atoms with van der Waals surface area (Å²) in [6, 6.07) is 15.9. The Morgan fingerprint density at radius 1 is 0.962 bits per heavy atom. The van der Waals surface area contributed by atoms with E-state index >= 15 is 0 Å². The van der Waals surface area contributed by atoms with Crippen molar-refractivity contribution in [3.05, 3.63) is 65.7 Å². The highest BCUT2D eigenvalue weighted by molar-refractivity contribution is 5.84. The maximum Gasteiger partial charge on any atom is 0.411 e. The summed E-state index contributed by atoms with van der Waals surface area (Å²) >= 11 is 0. The first-order valence-corrected chi connectivity index (χ1v) is 8.66. The van der Waals surface area contributed by atoms with Crippen molar-refractivity contribution in [1.82, 2.24) is 4.90 Å². The molecule has 1 aliphatic rings. The molecular weight excluding hydrogens is 330 g/mol. The van der Waals surface area contributed by atoms with E-state index in [2.05, 4.69) is 0 Å². The molecule has 1 aliphatic heterocycles. The second-order valence-electron chi connectivity index (χ2n) is 7.33. The fourth-order valence-electron chi connectivity index (χ4n) is 2.92. The lowest BCUT2D eigenvalue weighted by molar-refractivity contribution is -0.141. The number of nitrogens with zero attached hydrogens (tertiary/aromatic N) is 1. The fraction of sp³-hybridized carbons (Fsp3) is 0.333. The minimum Gasteiger partial charge on any atom is -0.444 e. The Labute approximate surface area is 153 Å². The molecule has 5 heteroatoms. The predicted molar refractivity (Wildman–Crippen MR) is 97.8 cm³/mol. The van der Waals surface area contributed by atoms with Gasteiger partial charge < -0.3 is 9.47 Å². The first kappa shape index (κ1) is 18.0. The molecule has 0 aliphatic carbocycles. The van der Waals surface area contributed by atoms with Crippen LogP contribution in [-0.2, 0) is 22.5 Å². The standard InChI is InChI=1S/C21H23NO4/c1-21(2,3)26-20(24)22-14-16-10-8-7-9-15(16)13-18(22)19(23)25-17-11-5-4-6-12-17/h4-12,18H,13-14H2,1-3H3/t18-/m0/s1. The molecule has 0 saturated heterocycles. The monoisotopic (exact) mass is 353 g/mol. The van der Waals surface area contributed by atoms with Gasteiger partial charge in [-0.15, -0.1) is 0 Å². The average molecular weight is 353 g/mol. The first-order valence-electron chi connectivity index (χ1n) is 8.66. The second-order valence-corrected chi connectivity index (χ2v) is 7.33. The molecule has 3 rings (SSSR count). The molecule has 0 bridgehead atoms. The Bertz CT molecular complexity index is 795. The van der Waals surface area contributed by atoms with E-state index in [9.17, 15) is 9.59 Å². The highest BCUT2D eigenvalue weighted by Crippen LogP contribution is 2.26. The molecule has 0 aromatic heterocycles. The molecule has 1 heterocycles. The van der Waals surface area contributed by atoms with Gasteiger partial charge >= 0.3 is 12.1 Å². The van der Waals surface area contributed by atoms with Crippen LogP contribution >= 0.6 is 0 Å². The van der Waals surface area contributed by atoms with E-state index in [1.54, 1.807) is 45.0 Å². The molecule has 0 spiro atoms. The van der Waals surface area contributed by atoms with Gasteiger partial charge in [-0.05, 0) is 44.0 Å². The first-order chi connectivity index (χ1) is 12.3. The molecule has 0 radical (unpaired) electrons. The Kier molecular flexibility index (Phi) is 4.98. The number of hydrogen-bond donors (Lipinski definition) is 0. The summed E-state index contributed by atoms with van der Waals surface area (Å²) in [5.74, 6) is -0.00272. The van der Waals surface area contributed by atoms with Crippen molar-refractivity contribution in [1.29, 1.82) is 0 Å². The summed E-state index contributed by atoms with van der Waals surface area (Å²) in [5, 5.41) is 0. The van der Waals surface area contributed by atoms with E-state index in [1.165, 1.54) is 4.90 Å². The van der Waals surface area contributed by atoms with Crippen molar-refractivity contribution in [2.45, 2.75) is 45.4 Å². The zero-order chi connectivity index (χ0) is 18.7. The SMILES string of the molecule is CC(C)(C)OC(=O)N1Cc2ccccc2C[C@H]1C(=O)Oc1ccccc1. The van der Waals surface area contributed by atoms with Gasteiger partial charge in [0.25, 0.3) is 0 Å². The Hall–Kier alpha value is -2.82. The van der Waals surface area contributed by atoms with Gasteiger partial charge in [-0.3, -0.25) is 4.90 Å². The molecule has 1 atom stereocenters. The van der Waals surface area contributed by atoms with Crippen molar-refractivity contribution >= 4 is 12.1 Å². The van der Waals surface area contributed by atoms with Gasteiger partial charge in [-0.25, -0.2) is 9.59 Å².